The highest BCUT2D eigenvalue weighted by Gasteiger charge is 2.40. The van der Waals surface area contributed by atoms with E-state index >= 15 is 0 Å². The number of halogens is 3. The second-order valence-electron chi connectivity index (χ2n) is 7.77. The molecule has 0 radical (unpaired) electrons. The number of sulfonamides is 1. The Bertz CT molecular complexity index is 849. The lowest BCUT2D eigenvalue weighted by Gasteiger charge is -2.31. The van der Waals surface area contributed by atoms with Gasteiger partial charge in [0.05, 0.1) is 23.7 Å². The van der Waals surface area contributed by atoms with E-state index in [2.05, 4.69) is 10.2 Å². The number of piperidine rings is 1. The Morgan fingerprint density at radius 3 is 2.39 bits per heavy atom. The van der Waals surface area contributed by atoms with Crippen LogP contribution < -0.4 is 5.32 Å². The van der Waals surface area contributed by atoms with Crippen molar-refractivity contribution in [3.8, 4) is 0 Å². The molecule has 31 heavy (non-hydrogen) atoms. The Morgan fingerprint density at radius 1 is 1.10 bits per heavy atom. The molecule has 2 fully saturated rings. The topological polar surface area (TPSA) is 79.0 Å². The van der Waals surface area contributed by atoms with Crippen molar-refractivity contribution in [2.45, 2.75) is 30.3 Å². The van der Waals surface area contributed by atoms with Crippen molar-refractivity contribution in [1.29, 1.82) is 0 Å². The number of alkyl halides is 3. The van der Waals surface area contributed by atoms with Crippen LogP contribution in [0, 0.1) is 5.92 Å². The predicted molar refractivity (Wildman–Crippen MR) is 108 cm³/mol. The van der Waals surface area contributed by atoms with Gasteiger partial charge in [0, 0.05) is 38.6 Å². The van der Waals surface area contributed by atoms with Crippen LogP contribution in [0.15, 0.2) is 29.2 Å². The van der Waals surface area contributed by atoms with Gasteiger partial charge in [-0.25, -0.2) is 8.42 Å². The fourth-order valence-corrected chi connectivity index (χ4v) is 5.59. The molecule has 1 aromatic carbocycles. The summed E-state index contributed by atoms with van der Waals surface area (Å²) in [6, 6.07) is 4.19. The summed E-state index contributed by atoms with van der Waals surface area (Å²) in [7, 11) is -4.29. The molecule has 7 nitrogen and oxygen atoms in total. The average Bonchev–Trinajstić information content (AvgIpc) is 2.77. The molecule has 2 heterocycles. The number of hydrogen-bond acceptors (Lipinski definition) is 5. The number of carbonyl (C=O) groups is 1. The normalized spacial score (nSPS) is 20.0. The second kappa shape index (κ2) is 10.3. The Hall–Kier alpha value is -1.69. The van der Waals surface area contributed by atoms with Gasteiger partial charge in [0.15, 0.2) is 0 Å². The molecule has 2 aliphatic heterocycles. The zero-order valence-corrected chi connectivity index (χ0v) is 18.1. The number of amides is 1. The molecule has 0 bridgehead atoms. The van der Waals surface area contributed by atoms with E-state index in [-0.39, 0.29) is 37.8 Å². The van der Waals surface area contributed by atoms with Crippen LogP contribution in [0.1, 0.15) is 24.8 Å². The molecule has 0 unspecified atom stereocenters. The monoisotopic (exact) mass is 463 g/mol. The van der Waals surface area contributed by atoms with E-state index in [0.29, 0.717) is 6.54 Å². The minimum atomic E-state index is -4.76. The molecule has 0 aliphatic carbocycles. The summed E-state index contributed by atoms with van der Waals surface area (Å²) >= 11 is 0. The summed E-state index contributed by atoms with van der Waals surface area (Å²) < 4.78 is 71.6. The molecule has 1 N–H and O–H groups in total. The van der Waals surface area contributed by atoms with Crippen molar-refractivity contribution in [1.82, 2.24) is 14.5 Å². The highest BCUT2D eigenvalue weighted by Crippen LogP contribution is 2.36. The molecule has 2 saturated heterocycles. The zero-order chi connectivity index (χ0) is 22.5. The number of nitrogens with zero attached hydrogens (tertiary/aromatic N) is 2. The minimum Gasteiger partial charge on any atom is -0.379 e. The third kappa shape index (κ3) is 6.18. The summed E-state index contributed by atoms with van der Waals surface area (Å²) in [5.41, 5.74) is -1.17. The maximum absolute atomic E-state index is 13.2. The van der Waals surface area contributed by atoms with Crippen molar-refractivity contribution < 1.29 is 31.1 Å². The molecule has 3 rings (SSSR count). The van der Waals surface area contributed by atoms with Gasteiger partial charge in [0.2, 0.25) is 15.9 Å². The fraction of sp³-hybridized carbons (Fsp3) is 0.650. The highest BCUT2D eigenvalue weighted by molar-refractivity contribution is 7.89. The number of ether oxygens (including phenoxy) is 1. The summed E-state index contributed by atoms with van der Waals surface area (Å²) in [4.78, 5) is 13.9. The zero-order valence-electron chi connectivity index (χ0n) is 17.2. The Balaban J connectivity index is 1.49. The third-order valence-corrected chi connectivity index (χ3v) is 7.65. The fourth-order valence-electron chi connectivity index (χ4n) is 3.91. The van der Waals surface area contributed by atoms with Crippen LogP contribution in [0.2, 0.25) is 0 Å². The standard InChI is InChI=1S/C20H28F3N3O4S/c21-20(22,23)17-4-1-2-5-18(17)31(28,29)26-10-6-16(7-11-26)19(27)24-8-3-9-25-12-14-30-15-13-25/h1-2,4-5,16H,3,6-15H2,(H,24,27). The van der Waals surface area contributed by atoms with E-state index in [1.165, 1.54) is 6.07 Å². The van der Waals surface area contributed by atoms with E-state index in [1.807, 2.05) is 0 Å². The summed E-state index contributed by atoms with van der Waals surface area (Å²) in [5.74, 6) is -0.470. The van der Waals surface area contributed by atoms with Gasteiger partial charge in [-0.2, -0.15) is 17.5 Å². The molecule has 2 aliphatic rings. The van der Waals surface area contributed by atoms with Gasteiger partial charge in [-0.3, -0.25) is 9.69 Å². The predicted octanol–water partition coefficient (Wildman–Crippen LogP) is 1.94. The number of benzene rings is 1. The average molecular weight is 464 g/mol. The molecule has 0 aromatic heterocycles. The first-order chi connectivity index (χ1) is 14.7. The molecule has 174 valence electrons. The van der Waals surface area contributed by atoms with Gasteiger partial charge in [0.25, 0.3) is 0 Å². The maximum atomic E-state index is 13.2. The van der Waals surface area contributed by atoms with Crippen molar-refractivity contribution in [2.75, 3.05) is 52.5 Å². The minimum absolute atomic E-state index is 0.0143. The largest absolute Gasteiger partial charge is 0.417 e. The smallest absolute Gasteiger partial charge is 0.379 e. The molecule has 1 amide bonds. The lowest BCUT2D eigenvalue weighted by molar-refractivity contribution is -0.139. The van der Waals surface area contributed by atoms with Gasteiger partial charge in [-0.05, 0) is 37.9 Å². The number of rotatable bonds is 7. The van der Waals surface area contributed by atoms with E-state index in [4.69, 9.17) is 4.74 Å². The van der Waals surface area contributed by atoms with E-state index in [0.717, 1.165) is 61.8 Å². The van der Waals surface area contributed by atoms with Crippen LogP contribution in [0.3, 0.4) is 0 Å². The number of morpholine rings is 1. The van der Waals surface area contributed by atoms with E-state index in [1.54, 1.807) is 0 Å². The first-order valence-electron chi connectivity index (χ1n) is 10.4. The molecule has 0 spiro atoms. The second-order valence-corrected chi connectivity index (χ2v) is 9.68. The van der Waals surface area contributed by atoms with Gasteiger partial charge < -0.3 is 10.1 Å². The Labute approximate surface area is 180 Å². The van der Waals surface area contributed by atoms with Crippen LogP contribution in [0.4, 0.5) is 13.2 Å². The van der Waals surface area contributed by atoms with Crippen LogP contribution in [0.25, 0.3) is 0 Å². The molecular formula is C20H28F3N3O4S. The van der Waals surface area contributed by atoms with E-state index in [9.17, 15) is 26.4 Å². The molecular weight excluding hydrogens is 435 g/mol. The Morgan fingerprint density at radius 2 is 1.74 bits per heavy atom. The molecule has 11 heteroatoms. The van der Waals surface area contributed by atoms with Crippen LogP contribution in [-0.4, -0.2) is 76.0 Å². The van der Waals surface area contributed by atoms with Gasteiger partial charge >= 0.3 is 6.18 Å². The SMILES string of the molecule is O=C(NCCCN1CCOCC1)C1CCN(S(=O)(=O)c2ccccc2C(F)(F)F)CC1. The Kier molecular flexibility index (Phi) is 7.95. The van der Waals surface area contributed by atoms with Crippen LogP contribution in [0.5, 0.6) is 0 Å². The first kappa shape index (κ1) is 24.0. The quantitative estimate of drug-likeness (QED) is 0.626. The molecule has 0 saturated carbocycles. The lowest BCUT2D eigenvalue weighted by atomic mass is 9.97. The number of nitrogens with one attached hydrogen (secondary N) is 1. The van der Waals surface area contributed by atoms with Crippen molar-refractivity contribution in [3.05, 3.63) is 29.8 Å². The first-order valence-corrected chi connectivity index (χ1v) is 11.9. The van der Waals surface area contributed by atoms with Crippen molar-refractivity contribution in [2.24, 2.45) is 5.92 Å². The summed E-state index contributed by atoms with van der Waals surface area (Å²) in [6.07, 6.45) is -3.39. The third-order valence-electron chi connectivity index (χ3n) is 5.69. The number of carbonyl (C=O) groups excluding carboxylic acids is 1. The van der Waals surface area contributed by atoms with Crippen LogP contribution in [-0.2, 0) is 25.7 Å². The van der Waals surface area contributed by atoms with Crippen LogP contribution >= 0.6 is 0 Å². The van der Waals surface area contributed by atoms with Gasteiger partial charge in [-0.15, -0.1) is 0 Å². The lowest BCUT2D eigenvalue weighted by Crippen LogP contribution is -2.44. The summed E-state index contributed by atoms with van der Waals surface area (Å²) in [6.45, 7) is 4.66. The van der Waals surface area contributed by atoms with Gasteiger partial charge in [-0.1, -0.05) is 12.1 Å². The van der Waals surface area contributed by atoms with E-state index < -0.39 is 26.7 Å². The van der Waals surface area contributed by atoms with Crippen molar-refractivity contribution in [3.63, 3.8) is 0 Å². The highest BCUT2D eigenvalue weighted by atomic mass is 32.2. The maximum Gasteiger partial charge on any atom is 0.417 e. The van der Waals surface area contributed by atoms with Gasteiger partial charge in [0.1, 0.15) is 0 Å². The summed E-state index contributed by atoms with van der Waals surface area (Å²) in [5, 5.41) is 2.89. The van der Waals surface area contributed by atoms with Crippen molar-refractivity contribution >= 4 is 15.9 Å². The molecule has 1 aromatic rings. The number of hydrogen-bond donors (Lipinski definition) is 1. The molecule has 0 atom stereocenters.